The summed E-state index contributed by atoms with van der Waals surface area (Å²) in [6, 6.07) is 2.57. The lowest BCUT2D eigenvalue weighted by Crippen LogP contribution is -2.34. The number of nitrogens with zero attached hydrogens (tertiary/aromatic N) is 1. The van der Waals surface area contributed by atoms with E-state index in [1.54, 1.807) is 19.1 Å². The zero-order chi connectivity index (χ0) is 13.0. The molecule has 1 atom stereocenters. The van der Waals surface area contributed by atoms with Crippen molar-refractivity contribution < 1.29 is 13.5 Å². The Morgan fingerprint density at radius 2 is 1.88 bits per heavy atom. The first kappa shape index (κ1) is 14.4. The van der Waals surface area contributed by atoms with Gasteiger partial charge in [0.05, 0.1) is 6.61 Å². The van der Waals surface area contributed by atoms with Gasteiger partial charge in [-0.15, -0.1) is 0 Å². The van der Waals surface area contributed by atoms with E-state index in [-0.39, 0.29) is 11.7 Å². The summed E-state index contributed by atoms with van der Waals surface area (Å²) >= 11 is 3.17. The van der Waals surface area contributed by atoms with Crippen molar-refractivity contribution in [2.24, 2.45) is 0 Å². The van der Waals surface area contributed by atoms with Crippen LogP contribution in [-0.4, -0.2) is 26.8 Å². The number of hydrogen-bond donors (Lipinski definition) is 0. The standard InChI is InChI=1S/C12H16BrF2NO/c1-8(7-17-3)16(2)12-10(14)4-9(6-13)5-11(12)15/h4-5,8H,6-7H2,1-3H3. The normalized spacial score (nSPS) is 12.6. The largest absolute Gasteiger partial charge is 0.383 e. The maximum atomic E-state index is 13.8. The summed E-state index contributed by atoms with van der Waals surface area (Å²) in [5.74, 6) is -1.10. The van der Waals surface area contributed by atoms with E-state index in [0.717, 1.165) is 0 Å². The Hall–Kier alpha value is -0.680. The fraction of sp³-hybridized carbons (Fsp3) is 0.500. The minimum Gasteiger partial charge on any atom is -0.383 e. The molecule has 1 rings (SSSR count). The van der Waals surface area contributed by atoms with E-state index in [2.05, 4.69) is 15.9 Å². The van der Waals surface area contributed by atoms with Crippen LogP contribution in [-0.2, 0) is 10.1 Å². The van der Waals surface area contributed by atoms with Crippen molar-refractivity contribution in [1.29, 1.82) is 0 Å². The average Bonchev–Trinajstić information content (AvgIpc) is 2.28. The molecule has 0 saturated carbocycles. The highest BCUT2D eigenvalue weighted by Gasteiger charge is 2.19. The molecule has 0 amide bonds. The van der Waals surface area contributed by atoms with Crippen LogP contribution in [0.15, 0.2) is 12.1 Å². The Kier molecular flexibility index (Phi) is 5.33. The Morgan fingerprint density at radius 1 is 1.35 bits per heavy atom. The summed E-state index contributed by atoms with van der Waals surface area (Å²) in [5.41, 5.74) is 0.566. The highest BCUT2D eigenvalue weighted by atomic mass is 79.9. The van der Waals surface area contributed by atoms with E-state index in [1.807, 2.05) is 6.92 Å². The van der Waals surface area contributed by atoms with Crippen LogP contribution in [0.5, 0.6) is 0 Å². The van der Waals surface area contributed by atoms with Crippen LogP contribution in [0.25, 0.3) is 0 Å². The van der Waals surface area contributed by atoms with Gasteiger partial charge in [-0.2, -0.15) is 0 Å². The third kappa shape index (κ3) is 3.39. The minimum absolute atomic E-state index is 0.0146. The highest BCUT2D eigenvalue weighted by Crippen LogP contribution is 2.26. The highest BCUT2D eigenvalue weighted by molar-refractivity contribution is 9.08. The van der Waals surface area contributed by atoms with E-state index in [1.165, 1.54) is 12.1 Å². The number of benzene rings is 1. The molecule has 0 N–H and O–H groups in total. The van der Waals surface area contributed by atoms with Crippen LogP contribution in [0.4, 0.5) is 14.5 Å². The Balaban J connectivity index is 3.05. The van der Waals surface area contributed by atoms with E-state index >= 15 is 0 Å². The van der Waals surface area contributed by atoms with Crippen molar-refractivity contribution in [2.45, 2.75) is 18.3 Å². The molecule has 0 aromatic heterocycles. The van der Waals surface area contributed by atoms with Crippen LogP contribution in [0.1, 0.15) is 12.5 Å². The third-order valence-corrected chi connectivity index (χ3v) is 3.30. The van der Waals surface area contributed by atoms with E-state index < -0.39 is 11.6 Å². The van der Waals surface area contributed by atoms with Gasteiger partial charge in [-0.1, -0.05) is 15.9 Å². The number of ether oxygens (including phenoxy) is 1. The van der Waals surface area contributed by atoms with E-state index in [9.17, 15) is 8.78 Å². The van der Waals surface area contributed by atoms with Crippen LogP contribution in [0.3, 0.4) is 0 Å². The van der Waals surface area contributed by atoms with Crippen molar-refractivity contribution in [3.8, 4) is 0 Å². The number of anilines is 1. The fourth-order valence-electron chi connectivity index (χ4n) is 1.61. The summed E-state index contributed by atoms with van der Waals surface area (Å²) < 4.78 is 32.6. The summed E-state index contributed by atoms with van der Waals surface area (Å²) in [6.07, 6.45) is 0. The summed E-state index contributed by atoms with van der Waals surface area (Å²) in [6.45, 7) is 2.26. The summed E-state index contributed by atoms with van der Waals surface area (Å²) in [7, 11) is 3.21. The Labute approximate surface area is 109 Å². The second-order valence-corrected chi connectivity index (χ2v) is 4.52. The summed E-state index contributed by atoms with van der Waals surface area (Å²) in [5, 5.41) is 0.429. The minimum atomic E-state index is -0.551. The van der Waals surface area contributed by atoms with Gasteiger partial charge in [0.25, 0.3) is 0 Å². The molecule has 96 valence electrons. The molecule has 0 bridgehead atoms. The molecule has 0 aliphatic rings. The molecule has 5 heteroatoms. The predicted molar refractivity (Wildman–Crippen MR) is 68.7 cm³/mol. The van der Waals surface area contributed by atoms with Gasteiger partial charge in [0.1, 0.15) is 17.3 Å². The number of hydrogen-bond acceptors (Lipinski definition) is 2. The first-order valence-corrected chi connectivity index (χ1v) is 6.39. The molecule has 0 aliphatic heterocycles. The van der Waals surface area contributed by atoms with Crippen LogP contribution >= 0.6 is 15.9 Å². The molecule has 1 aromatic rings. The number of alkyl halides is 1. The molecule has 0 aliphatic carbocycles. The van der Waals surface area contributed by atoms with Crippen LogP contribution in [0.2, 0.25) is 0 Å². The van der Waals surface area contributed by atoms with E-state index in [0.29, 0.717) is 17.5 Å². The molecular formula is C12H16BrF2NO. The van der Waals surface area contributed by atoms with Crippen LogP contribution < -0.4 is 4.90 Å². The van der Waals surface area contributed by atoms with Gasteiger partial charge in [0, 0.05) is 25.5 Å². The first-order valence-electron chi connectivity index (χ1n) is 5.27. The average molecular weight is 308 g/mol. The Bertz CT molecular complexity index is 364. The molecule has 2 nitrogen and oxygen atoms in total. The summed E-state index contributed by atoms with van der Waals surface area (Å²) in [4.78, 5) is 1.55. The second kappa shape index (κ2) is 6.31. The smallest absolute Gasteiger partial charge is 0.149 e. The van der Waals surface area contributed by atoms with Crippen molar-refractivity contribution in [3.05, 3.63) is 29.3 Å². The van der Waals surface area contributed by atoms with Crippen molar-refractivity contribution in [1.82, 2.24) is 0 Å². The maximum Gasteiger partial charge on any atom is 0.149 e. The maximum absolute atomic E-state index is 13.8. The number of methoxy groups -OCH3 is 1. The third-order valence-electron chi connectivity index (χ3n) is 2.65. The molecular weight excluding hydrogens is 292 g/mol. The zero-order valence-electron chi connectivity index (χ0n) is 10.1. The lowest BCUT2D eigenvalue weighted by Gasteiger charge is -2.27. The number of likely N-dealkylation sites (N-methyl/N-ethyl adjacent to an activating group) is 1. The molecule has 0 fully saturated rings. The SMILES string of the molecule is COCC(C)N(C)c1c(F)cc(CBr)cc1F. The molecule has 17 heavy (non-hydrogen) atoms. The lowest BCUT2D eigenvalue weighted by atomic mass is 10.1. The lowest BCUT2D eigenvalue weighted by molar-refractivity contribution is 0.183. The quantitative estimate of drug-likeness (QED) is 0.774. The topological polar surface area (TPSA) is 12.5 Å². The van der Waals surface area contributed by atoms with Crippen LogP contribution in [0, 0.1) is 11.6 Å². The molecule has 0 radical (unpaired) electrons. The van der Waals surface area contributed by atoms with Gasteiger partial charge in [0.2, 0.25) is 0 Å². The van der Waals surface area contributed by atoms with Gasteiger partial charge in [-0.05, 0) is 24.6 Å². The predicted octanol–water partition coefficient (Wildman–Crippen LogP) is 3.33. The van der Waals surface area contributed by atoms with Gasteiger partial charge < -0.3 is 9.64 Å². The van der Waals surface area contributed by atoms with Gasteiger partial charge in [-0.3, -0.25) is 0 Å². The van der Waals surface area contributed by atoms with E-state index in [4.69, 9.17) is 4.74 Å². The van der Waals surface area contributed by atoms with Gasteiger partial charge in [0.15, 0.2) is 0 Å². The van der Waals surface area contributed by atoms with Gasteiger partial charge >= 0.3 is 0 Å². The molecule has 1 unspecified atom stereocenters. The molecule has 0 heterocycles. The van der Waals surface area contributed by atoms with Crippen molar-refractivity contribution in [2.75, 3.05) is 25.7 Å². The number of rotatable bonds is 5. The van der Waals surface area contributed by atoms with Crippen molar-refractivity contribution in [3.63, 3.8) is 0 Å². The molecule has 0 saturated heterocycles. The zero-order valence-corrected chi connectivity index (χ0v) is 11.7. The monoisotopic (exact) mass is 307 g/mol. The van der Waals surface area contributed by atoms with Gasteiger partial charge in [-0.25, -0.2) is 8.78 Å². The first-order chi connectivity index (χ1) is 8.01. The van der Waals surface area contributed by atoms with Crippen molar-refractivity contribution >= 4 is 21.6 Å². The molecule has 1 aromatic carbocycles. The molecule has 0 spiro atoms. The Morgan fingerprint density at radius 3 is 2.29 bits per heavy atom. The second-order valence-electron chi connectivity index (χ2n) is 3.96. The fourth-order valence-corrected chi connectivity index (χ4v) is 1.93. The number of halogens is 3.